The van der Waals surface area contributed by atoms with Crippen LogP contribution in [0.5, 0.6) is 0 Å². The molecule has 0 amide bonds. The molecule has 1 unspecified atom stereocenters. The Balaban J connectivity index is 2.56. The van der Waals surface area contributed by atoms with Gasteiger partial charge in [0.1, 0.15) is 0 Å². The van der Waals surface area contributed by atoms with Gasteiger partial charge < -0.3 is 5.32 Å². The van der Waals surface area contributed by atoms with Crippen molar-refractivity contribution >= 4 is 15.9 Å². The summed E-state index contributed by atoms with van der Waals surface area (Å²) in [4.78, 5) is 0. The predicted molar refractivity (Wildman–Crippen MR) is 83.9 cm³/mol. The molecule has 0 fully saturated rings. The van der Waals surface area contributed by atoms with E-state index in [1.54, 1.807) is 0 Å². The van der Waals surface area contributed by atoms with Gasteiger partial charge in [-0.15, -0.1) is 0 Å². The van der Waals surface area contributed by atoms with Gasteiger partial charge in [-0.05, 0) is 48.9 Å². The smallest absolute Gasteiger partial charge is 0.0175 e. The van der Waals surface area contributed by atoms with Crippen molar-refractivity contribution in [2.24, 2.45) is 11.8 Å². The van der Waals surface area contributed by atoms with Crippen LogP contribution in [0, 0.1) is 11.8 Å². The fraction of sp³-hybridized carbons (Fsp3) is 0.625. The molecule has 1 nitrogen and oxygen atoms in total. The fourth-order valence-corrected chi connectivity index (χ4v) is 2.53. The lowest BCUT2D eigenvalue weighted by Gasteiger charge is -2.21. The molecular formula is C16H26BrN. The number of benzene rings is 1. The molecule has 0 radical (unpaired) electrons. The molecule has 1 aromatic rings. The van der Waals surface area contributed by atoms with Crippen LogP contribution in [0.15, 0.2) is 28.7 Å². The first-order valence-corrected chi connectivity index (χ1v) is 7.74. The Bertz CT molecular complexity index is 329. The van der Waals surface area contributed by atoms with Crippen molar-refractivity contribution in [3.63, 3.8) is 0 Å². The summed E-state index contributed by atoms with van der Waals surface area (Å²) in [7, 11) is 0. The van der Waals surface area contributed by atoms with E-state index in [1.807, 2.05) is 0 Å². The Morgan fingerprint density at radius 2 is 1.67 bits per heavy atom. The second-order valence-electron chi connectivity index (χ2n) is 5.89. The van der Waals surface area contributed by atoms with Gasteiger partial charge >= 0.3 is 0 Å². The largest absolute Gasteiger partial charge is 0.314 e. The lowest BCUT2D eigenvalue weighted by atomic mass is 9.91. The Hall–Kier alpha value is -0.340. The van der Waals surface area contributed by atoms with Gasteiger partial charge in [-0.3, -0.25) is 0 Å². The van der Waals surface area contributed by atoms with Crippen molar-refractivity contribution < 1.29 is 0 Å². The fourth-order valence-electron chi connectivity index (χ4n) is 2.26. The first kappa shape index (κ1) is 15.7. The van der Waals surface area contributed by atoms with Crippen LogP contribution in [0.3, 0.4) is 0 Å². The minimum Gasteiger partial charge on any atom is -0.314 e. The van der Waals surface area contributed by atoms with Crippen molar-refractivity contribution in [1.29, 1.82) is 0 Å². The molecule has 0 spiro atoms. The summed E-state index contributed by atoms with van der Waals surface area (Å²) in [6, 6.07) is 9.30. The summed E-state index contributed by atoms with van der Waals surface area (Å²) < 4.78 is 1.16. The Morgan fingerprint density at radius 1 is 1.06 bits per heavy atom. The first-order valence-electron chi connectivity index (χ1n) is 6.95. The van der Waals surface area contributed by atoms with Crippen molar-refractivity contribution in [1.82, 2.24) is 5.32 Å². The molecule has 0 aromatic heterocycles. The maximum Gasteiger partial charge on any atom is 0.0175 e. The summed E-state index contributed by atoms with van der Waals surface area (Å²) in [6.07, 6.45) is 2.46. The second-order valence-corrected chi connectivity index (χ2v) is 6.80. The third kappa shape index (κ3) is 6.55. The van der Waals surface area contributed by atoms with E-state index in [-0.39, 0.29) is 0 Å². The highest BCUT2D eigenvalue weighted by atomic mass is 79.9. The highest BCUT2D eigenvalue weighted by Crippen LogP contribution is 2.18. The lowest BCUT2D eigenvalue weighted by Crippen LogP contribution is -2.30. The molecule has 1 atom stereocenters. The highest BCUT2D eigenvalue weighted by molar-refractivity contribution is 9.10. The van der Waals surface area contributed by atoms with E-state index in [4.69, 9.17) is 0 Å². The standard InChI is InChI=1S/C16H26BrN/c1-12(2)9-15(11-18-13(3)4)10-14-5-7-16(17)8-6-14/h5-8,12-13,15,18H,9-11H2,1-4H3. The normalized spacial score (nSPS) is 13.3. The third-order valence-electron chi connectivity index (χ3n) is 3.06. The number of nitrogens with one attached hydrogen (secondary N) is 1. The molecule has 1 N–H and O–H groups in total. The second kappa shape index (κ2) is 7.96. The van der Waals surface area contributed by atoms with Gasteiger partial charge in [0.05, 0.1) is 0 Å². The van der Waals surface area contributed by atoms with Crippen LogP contribution in [0.25, 0.3) is 0 Å². The molecule has 2 heteroatoms. The molecule has 18 heavy (non-hydrogen) atoms. The molecule has 0 saturated carbocycles. The maximum atomic E-state index is 3.57. The monoisotopic (exact) mass is 311 g/mol. The van der Waals surface area contributed by atoms with Crippen LogP contribution >= 0.6 is 15.9 Å². The minimum atomic E-state index is 0.574. The van der Waals surface area contributed by atoms with Gasteiger partial charge in [0.25, 0.3) is 0 Å². The Labute approximate surface area is 120 Å². The number of rotatable bonds is 7. The average molecular weight is 312 g/mol. The van der Waals surface area contributed by atoms with E-state index < -0.39 is 0 Å². The molecule has 0 heterocycles. The number of hydrogen-bond acceptors (Lipinski definition) is 1. The Morgan fingerprint density at radius 3 is 2.17 bits per heavy atom. The summed E-state index contributed by atoms with van der Waals surface area (Å²) in [6.45, 7) is 10.2. The van der Waals surface area contributed by atoms with Crippen molar-refractivity contribution in [2.75, 3.05) is 6.54 Å². The summed E-state index contributed by atoms with van der Waals surface area (Å²) in [5.41, 5.74) is 1.44. The summed E-state index contributed by atoms with van der Waals surface area (Å²) in [5, 5.41) is 3.57. The topological polar surface area (TPSA) is 12.0 Å². The van der Waals surface area contributed by atoms with Gasteiger partial charge in [-0.25, -0.2) is 0 Å². The lowest BCUT2D eigenvalue weighted by molar-refractivity contribution is 0.373. The van der Waals surface area contributed by atoms with Crippen molar-refractivity contribution in [3.8, 4) is 0 Å². The molecule has 0 aliphatic heterocycles. The van der Waals surface area contributed by atoms with Crippen molar-refractivity contribution in [2.45, 2.75) is 46.6 Å². The van der Waals surface area contributed by atoms with Gasteiger partial charge in [0, 0.05) is 10.5 Å². The van der Waals surface area contributed by atoms with Crippen LogP contribution in [0.4, 0.5) is 0 Å². The molecule has 0 saturated heterocycles. The van der Waals surface area contributed by atoms with E-state index >= 15 is 0 Å². The molecule has 102 valence electrons. The molecule has 1 aromatic carbocycles. The Kier molecular flexibility index (Phi) is 6.95. The van der Waals surface area contributed by atoms with E-state index in [1.165, 1.54) is 18.4 Å². The molecule has 0 bridgehead atoms. The summed E-state index contributed by atoms with van der Waals surface area (Å²) in [5.74, 6) is 1.49. The minimum absolute atomic E-state index is 0.574. The quantitative estimate of drug-likeness (QED) is 0.772. The van der Waals surface area contributed by atoms with Crippen LogP contribution in [0.1, 0.15) is 39.7 Å². The SMILES string of the molecule is CC(C)CC(CNC(C)C)Cc1ccc(Br)cc1. The van der Waals surface area contributed by atoms with Gasteiger partial charge in [0.15, 0.2) is 0 Å². The van der Waals surface area contributed by atoms with Crippen molar-refractivity contribution in [3.05, 3.63) is 34.3 Å². The highest BCUT2D eigenvalue weighted by Gasteiger charge is 2.12. The molecule has 0 aliphatic carbocycles. The zero-order valence-corrected chi connectivity index (χ0v) is 13.6. The molecular weight excluding hydrogens is 286 g/mol. The van der Waals surface area contributed by atoms with Crippen LogP contribution in [-0.2, 0) is 6.42 Å². The zero-order chi connectivity index (χ0) is 13.5. The number of halogens is 1. The molecule has 0 aliphatic rings. The third-order valence-corrected chi connectivity index (χ3v) is 3.59. The summed E-state index contributed by atoms with van der Waals surface area (Å²) >= 11 is 3.49. The molecule has 1 rings (SSSR count). The number of hydrogen-bond donors (Lipinski definition) is 1. The van der Waals surface area contributed by atoms with Gasteiger partial charge in [0.2, 0.25) is 0 Å². The van der Waals surface area contributed by atoms with Crippen LogP contribution < -0.4 is 5.32 Å². The van der Waals surface area contributed by atoms with E-state index in [9.17, 15) is 0 Å². The van der Waals surface area contributed by atoms with E-state index in [0.717, 1.165) is 22.9 Å². The van der Waals surface area contributed by atoms with Crippen LogP contribution in [0.2, 0.25) is 0 Å². The predicted octanol–water partition coefficient (Wildman–Crippen LogP) is 4.65. The van der Waals surface area contributed by atoms with Gasteiger partial charge in [-0.2, -0.15) is 0 Å². The maximum absolute atomic E-state index is 3.57. The van der Waals surface area contributed by atoms with Gasteiger partial charge in [-0.1, -0.05) is 55.8 Å². The van der Waals surface area contributed by atoms with Crippen LogP contribution in [-0.4, -0.2) is 12.6 Å². The van der Waals surface area contributed by atoms with E-state index in [0.29, 0.717) is 6.04 Å². The zero-order valence-electron chi connectivity index (χ0n) is 12.0. The first-order chi connectivity index (χ1) is 8.47. The van der Waals surface area contributed by atoms with E-state index in [2.05, 4.69) is 73.2 Å². The average Bonchev–Trinajstić information content (AvgIpc) is 2.28.